The number of aliphatic imine (C=N–C) groups is 3. The molecule has 21 nitrogen and oxygen atoms in total. The summed E-state index contributed by atoms with van der Waals surface area (Å²) < 4.78 is 120. The zero-order valence-electron chi connectivity index (χ0n) is 60.0. The van der Waals surface area contributed by atoms with Crippen molar-refractivity contribution in [3.63, 3.8) is 0 Å². The quantitative estimate of drug-likeness (QED) is 0.0559. The minimum atomic E-state index is -2.94. The Morgan fingerprint density at radius 2 is 0.820 bits per heavy atom. The van der Waals surface area contributed by atoms with E-state index in [0.29, 0.717) is 84.3 Å². The topological polar surface area (TPSA) is 308 Å². The third-order valence-electron chi connectivity index (χ3n) is 19.7. The van der Waals surface area contributed by atoms with Gasteiger partial charge in [-0.05, 0) is 201 Å². The van der Waals surface area contributed by atoms with E-state index in [2.05, 4.69) is 28.0 Å². The number of aromatic nitrogens is 2. The van der Waals surface area contributed by atoms with E-state index in [1.54, 1.807) is 158 Å². The summed E-state index contributed by atoms with van der Waals surface area (Å²) in [6.45, 7) is 27.9. The van der Waals surface area contributed by atoms with Crippen LogP contribution < -0.4 is 20.9 Å². The van der Waals surface area contributed by atoms with Crippen LogP contribution in [0.4, 0.5) is 18.9 Å². The number of methoxy groups -OCH3 is 2. The highest BCUT2D eigenvalue weighted by atomic mass is 32.2. The van der Waals surface area contributed by atoms with E-state index in [1.807, 2.05) is 0 Å². The minimum absolute atomic E-state index is 0.00687. The summed E-state index contributed by atoms with van der Waals surface area (Å²) in [4.78, 5) is 73.9. The zero-order chi connectivity index (χ0) is 73.9. The van der Waals surface area contributed by atoms with Crippen LogP contribution in [0.15, 0.2) is 119 Å². The molecule has 0 unspecified atom stereocenters. The molecular weight excluding hydrogens is 1350 g/mol. The van der Waals surface area contributed by atoms with Crippen LogP contribution in [0.25, 0.3) is 0 Å². The molecule has 100 heavy (non-hydrogen) atoms. The molecule has 8 heterocycles. The largest absolute Gasteiger partial charge is 0.495 e. The molecule has 0 radical (unpaired) electrons. The number of halogens is 3. The van der Waals surface area contributed by atoms with Crippen molar-refractivity contribution in [3.8, 4) is 11.5 Å². The maximum Gasteiger partial charge on any atom is 0.312 e. The van der Waals surface area contributed by atoms with Crippen LogP contribution in [0.3, 0.4) is 0 Å². The smallest absolute Gasteiger partial charge is 0.312 e. The number of hydrogen-bond donors (Lipinski definition) is 2. The van der Waals surface area contributed by atoms with Gasteiger partial charge < -0.3 is 30.4 Å². The van der Waals surface area contributed by atoms with E-state index in [9.17, 15) is 36.2 Å². The van der Waals surface area contributed by atoms with Gasteiger partial charge in [0.2, 0.25) is 0 Å². The van der Waals surface area contributed by atoms with Gasteiger partial charge in [0.15, 0.2) is 11.6 Å². The predicted octanol–water partition coefficient (Wildman–Crippen LogP) is 12.2. The summed E-state index contributed by atoms with van der Waals surface area (Å²) in [6, 6.07) is 19.8. The first-order valence-electron chi connectivity index (χ1n) is 33.2. The van der Waals surface area contributed by atoms with Gasteiger partial charge in [-0.25, -0.2) is 48.9 Å². The van der Waals surface area contributed by atoms with E-state index in [0.717, 1.165) is 0 Å². The van der Waals surface area contributed by atoms with Crippen molar-refractivity contribution in [1.29, 1.82) is 0 Å². The Kier molecular flexibility index (Phi) is 20.9. The molecule has 540 valence electrons. The number of nitrogens with zero attached hydrogens (tertiary/aromatic N) is 8. The number of Topliss-reactive ketones (excluding diaryl/α,β-unsaturated/α-hetero) is 2. The number of carbonyl (C=O) groups excluding carboxylic acids is 4. The average Bonchev–Trinajstić information content (AvgIpc) is 1.62. The Hall–Kier alpha value is -7.91. The molecule has 11 rings (SSSR count). The maximum atomic E-state index is 15.5. The molecule has 0 spiro atoms. The highest BCUT2D eigenvalue weighted by molar-refractivity contribution is 7.97. The fraction of sp³-hybridized carbons (Fsp3) is 0.521. The van der Waals surface area contributed by atoms with Crippen LogP contribution in [0, 0.1) is 17.5 Å². The number of ketones is 2. The van der Waals surface area contributed by atoms with E-state index in [4.69, 9.17) is 40.4 Å². The molecule has 0 saturated heterocycles. The summed E-state index contributed by atoms with van der Waals surface area (Å²) in [7, 11) is -5.48. The van der Waals surface area contributed by atoms with Crippen molar-refractivity contribution in [1.82, 2.24) is 9.97 Å². The number of carbonyl (C=O) groups is 4. The van der Waals surface area contributed by atoms with Crippen molar-refractivity contribution < 1.29 is 63.9 Å². The van der Waals surface area contributed by atoms with Gasteiger partial charge in [-0.1, -0.05) is 12.1 Å². The number of fused-ring (bicyclic) bond motifs is 3. The molecule has 2 aromatic heterocycles. The van der Waals surface area contributed by atoms with Crippen LogP contribution in [-0.2, 0) is 77.7 Å². The van der Waals surface area contributed by atoms with Crippen LogP contribution in [-0.4, -0.2) is 138 Å². The summed E-state index contributed by atoms with van der Waals surface area (Å²) >= 11 is 0. The van der Waals surface area contributed by atoms with Gasteiger partial charge in [0.25, 0.3) is 0 Å². The normalized spacial score (nSPS) is 28.1. The van der Waals surface area contributed by atoms with Crippen molar-refractivity contribution >= 4 is 75.6 Å². The Morgan fingerprint density at radius 1 is 0.480 bits per heavy atom. The number of amidine groups is 1. The van der Waals surface area contributed by atoms with E-state index in [-0.39, 0.29) is 65.5 Å². The van der Waals surface area contributed by atoms with Gasteiger partial charge in [-0.3, -0.25) is 34.2 Å². The molecule has 0 aliphatic carbocycles. The van der Waals surface area contributed by atoms with Gasteiger partial charge in [0.1, 0.15) is 78.7 Å². The molecule has 0 bridgehead atoms. The van der Waals surface area contributed by atoms with Gasteiger partial charge in [-0.15, -0.1) is 0 Å². The van der Waals surface area contributed by atoms with Crippen molar-refractivity contribution in [3.05, 3.63) is 148 Å². The summed E-state index contributed by atoms with van der Waals surface area (Å²) in [5, 5.41) is -1.50. The molecule has 4 N–H and O–H groups in total. The molecule has 6 aliphatic rings. The Balaban J connectivity index is 0.000000177. The molecule has 3 aromatic carbocycles. The lowest BCUT2D eigenvalue weighted by atomic mass is 9.84. The maximum absolute atomic E-state index is 15.5. The third-order valence-corrected chi connectivity index (χ3v) is 30.9. The zero-order valence-corrected chi connectivity index (χ0v) is 62.5. The van der Waals surface area contributed by atoms with E-state index >= 15 is 8.78 Å². The molecule has 0 amide bonds. The number of nitrogens with two attached hydrogens (primary N) is 2. The number of ether oxygens (including phenoxy) is 4. The molecular formula is C73H93F3N10O11S3. The monoisotopic (exact) mass is 1440 g/mol. The van der Waals surface area contributed by atoms with Crippen LogP contribution in [0.1, 0.15) is 185 Å². The van der Waals surface area contributed by atoms with Gasteiger partial charge in [-0.2, -0.15) is 0 Å². The molecule has 0 saturated carbocycles. The van der Waals surface area contributed by atoms with Crippen molar-refractivity contribution in [2.75, 3.05) is 39.6 Å². The SMILES string of the molecule is CC(C)(C)OC(=O)CC1=N[C@](C)(c2cc(N)ccc2F)[C@@H]2CCN=[S@]2(=O)C1(C)C.COc1ccc(C(=O)Cc2ccc(F)c([C@@]3(C)N=C(CC(=O)OC(C)(C)C)C(C)(C)[S@@]4(=O)=NCC[C@@H]34)c2)nc1.COc1ccc(C(=O)Cc2ccc(F)c([C@@]3(C)N=C(N)C(C)(C)[S@@]4(=O)=NCC[C@@H]34)c2)nc1. The lowest BCUT2D eigenvalue weighted by Gasteiger charge is -2.46. The van der Waals surface area contributed by atoms with Crippen LogP contribution in [0.2, 0.25) is 0 Å². The number of pyridine rings is 2. The van der Waals surface area contributed by atoms with Gasteiger partial charge in [0, 0.05) is 66.3 Å². The van der Waals surface area contributed by atoms with E-state index < -0.39 is 116 Å². The number of rotatable bonds is 15. The first-order valence-corrected chi connectivity index (χ1v) is 37.9. The fourth-order valence-electron chi connectivity index (χ4n) is 14.1. The number of esters is 2. The average molecular weight is 1440 g/mol. The second-order valence-electron chi connectivity index (χ2n) is 29.9. The van der Waals surface area contributed by atoms with Crippen molar-refractivity contribution in [2.24, 2.45) is 33.8 Å². The minimum Gasteiger partial charge on any atom is -0.495 e. The van der Waals surface area contributed by atoms with Crippen LogP contribution >= 0.6 is 0 Å². The molecule has 6 aliphatic heterocycles. The number of hydrogen-bond acceptors (Lipinski definition) is 21. The second-order valence-corrected chi connectivity index (χ2v) is 38.9. The first kappa shape index (κ1) is 76.3. The molecule has 5 aromatic rings. The standard InChI is InChI=1S/C29H36FN3O5S.C23H27FN4O3S.C21H30FN3O3S/c1-27(2,3)38-26(35)16-24-28(4,5)39(36)25(12-13-32-39)29(6,33-24)20-14-18(8-10-21(20)30)15-23(34)22-11-9-19(37-7)17-31-22;1-22(2)21(25)28-23(3,20-9-10-27-32(20,22)30)16-11-14(5-7-17(16)24)12-19(29)18-8-6-15(31-4)13-26-18;1-19(2,3)28-18(26)12-16-20(4,5)29(27)17(9-10-24-29)21(6,25-16)14-11-13(23)7-8-15(14)22/h8-11,14,17,25H,12-13,15-16H2,1-7H3;5-8,11,13,20H,9-10,12H2,1-4H3,(H2,25,28);7-8,11,17H,9-10,12,23H2,1-6H3/t25-,29+,39+;20-,23+,32+;17-,21+,29+/m000/s1. The lowest BCUT2D eigenvalue weighted by molar-refractivity contribution is -0.154. The first-order chi connectivity index (χ1) is 46.3. The summed E-state index contributed by atoms with van der Waals surface area (Å²) in [6.07, 6.45) is 4.22. The number of benzene rings is 3. The Labute approximate surface area is 585 Å². The fourth-order valence-corrected chi connectivity index (χ4v) is 23.8. The van der Waals surface area contributed by atoms with Gasteiger partial charge >= 0.3 is 11.9 Å². The highest BCUT2D eigenvalue weighted by Crippen LogP contribution is 2.52. The number of anilines is 1. The lowest BCUT2D eigenvalue weighted by Crippen LogP contribution is -2.58. The molecule has 27 heteroatoms. The Morgan fingerprint density at radius 3 is 1.16 bits per heavy atom. The summed E-state index contributed by atoms with van der Waals surface area (Å²) in [5.41, 5.74) is 11.0. The van der Waals surface area contributed by atoms with Gasteiger partial charge in [0.05, 0.1) is 93.9 Å². The number of nitrogen functional groups attached to an aromatic ring is 1. The van der Waals surface area contributed by atoms with Crippen molar-refractivity contribution in [2.45, 2.75) is 207 Å². The second kappa shape index (κ2) is 27.5. The predicted molar refractivity (Wildman–Crippen MR) is 384 cm³/mol. The molecule has 0 fully saturated rings. The Bertz CT molecular complexity index is 4590. The molecule has 9 atom stereocenters. The van der Waals surface area contributed by atoms with Crippen LogP contribution in [0.5, 0.6) is 11.5 Å². The highest BCUT2D eigenvalue weighted by Gasteiger charge is 2.60. The third kappa shape index (κ3) is 14.2. The van der Waals surface area contributed by atoms with E-state index in [1.165, 1.54) is 50.9 Å². The summed E-state index contributed by atoms with van der Waals surface area (Å²) in [5.74, 6) is -1.56.